The van der Waals surface area contributed by atoms with Crippen molar-refractivity contribution in [1.29, 1.82) is 0 Å². The summed E-state index contributed by atoms with van der Waals surface area (Å²) in [5.74, 6) is -1.01. The monoisotopic (exact) mass is 748 g/mol. The van der Waals surface area contributed by atoms with Gasteiger partial charge in [0.15, 0.2) is 5.60 Å². The van der Waals surface area contributed by atoms with Crippen LogP contribution in [0.3, 0.4) is 0 Å². The van der Waals surface area contributed by atoms with E-state index in [1.165, 1.54) is 0 Å². The first-order valence-electron chi connectivity index (χ1n) is 17.0. The lowest BCUT2D eigenvalue weighted by molar-refractivity contribution is -0.151. The quantitative estimate of drug-likeness (QED) is 0.260. The minimum absolute atomic E-state index is 0.0152. The largest absolute Gasteiger partial charge is 0.394 e. The van der Waals surface area contributed by atoms with Crippen molar-refractivity contribution >= 4 is 53.4 Å². The first-order chi connectivity index (χ1) is 23.4. The SMILES string of the molecule is C[C@@H]1[C@@H]([Si](C)(C)F)[C@H](CC(=O)N2Cc3ccccc3C[C@H]2CO)O[C@@]12C(=O)N(Cc1ccc(N3CCNCC3=O)cc1)c1ccc(Br)cc12. The molecule has 4 aliphatic heterocycles. The Bertz CT molecular complexity index is 1790. The number of ether oxygens (including phenoxy) is 1. The number of amides is 3. The van der Waals surface area contributed by atoms with E-state index in [1.54, 1.807) is 27.8 Å². The fraction of sp³-hybridized carbons (Fsp3) is 0.432. The number of aliphatic hydroxyl groups excluding tert-OH is 1. The molecule has 2 fully saturated rings. The molecule has 49 heavy (non-hydrogen) atoms. The van der Waals surface area contributed by atoms with Crippen LogP contribution in [0.5, 0.6) is 0 Å². The summed E-state index contributed by atoms with van der Waals surface area (Å²) in [5, 5.41) is 13.3. The van der Waals surface area contributed by atoms with Gasteiger partial charge in [-0.2, -0.15) is 0 Å². The zero-order valence-corrected chi connectivity index (χ0v) is 30.6. The number of halogens is 2. The lowest BCUT2D eigenvalue weighted by Crippen LogP contribution is -2.48. The molecule has 3 amide bonds. The van der Waals surface area contributed by atoms with Gasteiger partial charge in [-0.3, -0.25) is 14.4 Å². The van der Waals surface area contributed by atoms with E-state index in [0.29, 0.717) is 37.3 Å². The van der Waals surface area contributed by atoms with Crippen LogP contribution in [-0.4, -0.2) is 74.5 Å². The Morgan fingerprint density at radius 3 is 2.53 bits per heavy atom. The van der Waals surface area contributed by atoms with Crippen LogP contribution in [0, 0.1) is 5.92 Å². The number of rotatable bonds is 7. The van der Waals surface area contributed by atoms with Crippen molar-refractivity contribution in [2.45, 2.75) is 69.2 Å². The molecule has 1 spiro atoms. The summed E-state index contributed by atoms with van der Waals surface area (Å²) < 4.78 is 24.1. The maximum Gasteiger partial charge on any atom is 0.264 e. The summed E-state index contributed by atoms with van der Waals surface area (Å²) in [7, 11) is -3.50. The zero-order valence-electron chi connectivity index (χ0n) is 28.0. The van der Waals surface area contributed by atoms with E-state index in [2.05, 4.69) is 21.2 Å². The summed E-state index contributed by atoms with van der Waals surface area (Å²) in [4.78, 5) is 46.5. The molecule has 5 atom stereocenters. The topological polar surface area (TPSA) is 102 Å². The fourth-order valence-corrected chi connectivity index (χ4v) is 11.4. The van der Waals surface area contributed by atoms with Crippen LogP contribution >= 0.6 is 15.9 Å². The first kappa shape index (κ1) is 34.0. The highest BCUT2D eigenvalue weighted by Gasteiger charge is 2.67. The Kier molecular flexibility index (Phi) is 9.06. The van der Waals surface area contributed by atoms with Gasteiger partial charge in [-0.1, -0.05) is 59.3 Å². The van der Waals surface area contributed by atoms with Crippen LogP contribution < -0.4 is 15.1 Å². The second-order valence-corrected chi connectivity index (χ2v) is 19.0. The Hall–Kier alpha value is -3.42. The average Bonchev–Trinajstić information content (AvgIpc) is 3.50. The summed E-state index contributed by atoms with van der Waals surface area (Å²) in [6, 6.07) is 20.8. The number of nitrogens with one attached hydrogen (secondary N) is 1. The number of fused-ring (bicyclic) bond motifs is 3. The van der Waals surface area contributed by atoms with Gasteiger partial charge in [-0.25, -0.2) is 0 Å². The Morgan fingerprint density at radius 1 is 1.10 bits per heavy atom. The van der Waals surface area contributed by atoms with Crippen molar-refractivity contribution < 1.29 is 28.3 Å². The van der Waals surface area contributed by atoms with E-state index in [9.17, 15) is 19.5 Å². The molecule has 0 aromatic heterocycles. The van der Waals surface area contributed by atoms with E-state index in [0.717, 1.165) is 33.4 Å². The molecule has 0 bridgehead atoms. The molecule has 12 heteroatoms. The van der Waals surface area contributed by atoms with Crippen LogP contribution in [0.1, 0.15) is 35.6 Å². The van der Waals surface area contributed by atoms with Crippen LogP contribution in [0.2, 0.25) is 18.6 Å². The molecule has 2 N–H and O–H groups in total. The summed E-state index contributed by atoms with van der Waals surface area (Å²) in [5.41, 5.74) is 3.08. The van der Waals surface area contributed by atoms with Crippen molar-refractivity contribution in [3.8, 4) is 0 Å². The highest BCUT2D eigenvalue weighted by molar-refractivity contribution is 9.10. The third-order valence-electron chi connectivity index (χ3n) is 10.9. The number of carbonyl (C=O) groups excluding carboxylic acids is 3. The summed E-state index contributed by atoms with van der Waals surface area (Å²) in [6.07, 6.45) is -0.367. The molecule has 0 aliphatic carbocycles. The average molecular weight is 750 g/mol. The molecular weight excluding hydrogens is 707 g/mol. The predicted molar refractivity (Wildman–Crippen MR) is 191 cm³/mol. The molecule has 3 aromatic carbocycles. The number of aliphatic hydroxyl groups is 1. The molecule has 4 aliphatic rings. The van der Waals surface area contributed by atoms with E-state index >= 15 is 4.11 Å². The van der Waals surface area contributed by atoms with Crippen molar-refractivity contribution in [2.75, 3.05) is 36.0 Å². The molecule has 0 unspecified atom stereocenters. The normalized spacial score (nSPS) is 26.8. The molecular formula is C37H42BrFN4O5Si. The summed E-state index contributed by atoms with van der Waals surface area (Å²) >= 11 is 3.59. The summed E-state index contributed by atoms with van der Waals surface area (Å²) in [6.45, 7) is 7.21. The third-order valence-corrected chi connectivity index (χ3v) is 13.8. The molecule has 9 nitrogen and oxygen atoms in total. The van der Waals surface area contributed by atoms with E-state index in [-0.39, 0.29) is 43.3 Å². The van der Waals surface area contributed by atoms with Gasteiger partial charge in [-0.15, -0.1) is 0 Å². The molecule has 258 valence electrons. The molecule has 2 saturated heterocycles. The fourth-order valence-electron chi connectivity index (χ4n) is 8.55. The van der Waals surface area contributed by atoms with Crippen LogP contribution in [-0.2, 0) is 44.2 Å². The van der Waals surface area contributed by atoms with Crippen LogP contribution in [0.25, 0.3) is 0 Å². The van der Waals surface area contributed by atoms with Gasteiger partial charge in [-0.05, 0) is 66.5 Å². The molecule has 0 radical (unpaired) electrons. The minimum Gasteiger partial charge on any atom is -0.394 e. The molecule has 0 saturated carbocycles. The second kappa shape index (κ2) is 13.0. The Labute approximate surface area is 295 Å². The number of anilines is 2. The minimum atomic E-state index is -3.50. The van der Waals surface area contributed by atoms with Crippen molar-refractivity contribution in [3.63, 3.8) is 0 Å². The van der Waals surface area contributed by atoms with Gasteiger partial charge in [0.2, 0.25) is 20.2 Å². The smallest absolute Gasteiger partial charge is 0.264 e. The molecule has 7 rings (SSSR count). The van der Waals surface area contributed by atoms with Crippen molar-refractivity contribution in [2.24, 2.45) is 5.92 Å². The number of nitrogens with zero attached hydrogens (tertiary/aromatic N) is 3. The van der Waals surface area contributed by atoms with E-state index < -0.39 is 31.6 Å². The van der Waals surface area contributed by atoms with Crippen LogP contribution in [0.4, 0.5) is 15.5 Å². The van der Waals surface area contributed by atoms with Crippen LogP contribution in [0.15, 0.2) is 71.2 Å². The maximum absolute atomic E-state index is 16.4. The van der Waals surface area contributed by atoms with Gasteiger partial charge < -0.3 is 34.0 Å². The van der Waals surface area contributed by atoms with Gasteiger partial charge in [0.25, 0.3) is 5.91 Å². The molecule has 3 aromatic rings. The zero-order chi connectivity index (χ0) is 34.7. The number of hydrogen-bond acceptors (Lipinski definition) is 6. The highest BCUT2D eigenvalue weighted by Crippen LogP contribution is 2.60. The van der Waals surface area contributed by atoms with Crippen molar-refractivity contribution in [3.05, 3.63) is 93.5 Å². The van der Waals surface area contributed by atoms with Gasteiger partial charge >= 0.3 is 0 Å². The third kappa shape index (κ3) is 5.95. The predicted octanol–water partition coefficient (Wildman–Crippen LogP) is 5.04. The highest BCUT2D eigenvalue weighted by atomic mass is 79.9. The van der Waals surface area contributed by atoms with E-state index in [4.69, 9.17) is 4.74 Å². The number of hydrogen-bond donors (Lipinski definition) is 2. The number of piperazine rings is 1. The second-order valence-electron chi connectivity index (χ2n) is 14.2. The number of carbonyl (C=O) groups is 3. The van der Waals surface area contributed by atoms with Gasteiger partial charge in [0.1, 0.15) is 0 Å². The van der Waals surface area contributed by atoms with E-state index in [1.807, 2.05) is 73.7 Å². The first-order valence-corrected chi connectivity index (χ1v) is 20.7. The molecule has 4 heterocycles. The lowest BCUT2D eigenvalue weighted by Gasteiger charge is -2.37. The van der Waals surface area contributed by atoms with Gasteiger partial charge in [0, 0.05) is 46.8 Å². The van der Waals surface area contributed by atoms with Crippen molar-refractivity contribution in [1.82, 2.24) is 10.2 Å². The lowest BCUT2D eigenvalue weighted by atomic mass is 9.82. The Balaban J connectivity index is 1.19. The number of benzene rings is 3. The Morgan fingerprint density at radius 2 is 1.84 bits per heavy atom. The van der Waals surface area contributed by atoms with Gasteiger partial charge in [0.05, 0.1) is 44.0 Å². The standard InChI is InChI=1S/C37H42BrFN4O5Si/c1-23-35(49(2,3)39)32(18-33(45)42-21-26-7-5-4-6-25(26)16-29(42)22-44)48-37(23)30-17-27(38)10-13-31(30)43(36(37)47)20-24-8-11-28(12-9-24)41-15-14-40-19-34(41)46/h4-13,17,23,29,32,35,40,44H,14-16,18-22H2,1-3H3/t23-,29+,32+,35-,37+/m1/s1. The maximum atomic E-state index is 16.4.